The lowest BCUT2D eigenvalue weighted by atomic mass is 10.5. The Morgan fingerprint density at radius 3 is 2.85 bits per heavy atom. The van der Waals surface area contributed by atoms with E-state index in [0.29, 0.717) is 5.02 Å². The van der Waals surface area contributed by atoms with Crippen LogP contribution in [0.15, 0.2) is 29.2 Å². The zero-order valence-electron chi connectivity index (χ0n) is 6.46. The van der Waals surface area contributed by atoms with Crippen LogP contribution in [-0.4, -0.2) is 21.1 Å². The summed E-state index contributed by atoms with van der Waals surface area (Å²) in [6, 6.07) is 1.83. The molecule has 4 nitrogen and oxygen atoms in total. The second kappa shape index (κ2) is 3.68. The normalized spacial score (nSPS) is 11.2. The van der Waals surface area contributed by atoms with Crippen molar-refractivity contribution in [2.75, 3.05) is 0 Å². The van der Waals surface area contributed by atoms with Crippen LogP contribution in [0.4, 0.5) is 0 Å². The quantitative estimate of drug-likeness (QED) is 0.714. The van der Waals surface area contributed by atoms with Crippen LogP contribution in [0.5, 0.6) is 0 Å². The highest BCUT2D eigenvalue weighted by atomic mass is 35.5. The molecule has 0 spiro atoms. The van der Waals surface area contributed by atoms with Gasteiger partial charge in [0.15, 0.2) is 0 Å². The summed E-state index contributed by atoms with van der Waals surface area (Å²) in [5.74, 6) is 0. The highest BCUT2D eigenvalue weighted by Gasteiger charge is 1.96. The summed E-state index contributed by atoms with van der Waals surface area (Å²) in [5.41, 5.74) is 0. The molecule has 2 aromatic heterocycles. The first-order chi connectivity index (χ1) is 6.36. The molecule has 0 N–H and O–H groups in total. The van der Waals surface area contributed by atoms with E-state index in [9.17, 15) is 0 Å². The van der Waals surface area contributed by atoms with Crippen molar-refractivity contribution in [1.29, 1.82) is 0 Å². The Bertz CT molecular complexity index is 406. The maximum atomic E-state index is 5.86. The molecule has 2 heterocycles. The van der Waals surface area contributed by atoms with Gasteiger partial charge in [0.05, 0.1) is 16.1 Å². The zero-order chi connectivity index (χ0) is 9.10. The summed E-state index contributed by atoms with van der Waals surface area (Å²) >= 11 is 7.39. The zero-order valence-corrected chi connectivity index (χ0v) is 8.03. The summed E-state index contributed by atoms with van der Waals surface area (Å²) in [7, 11) is 0. The van der Waals surface area contributed by atoms with Gasteiger partial charge < -0.3 is 0 Å². The number of hydrogen-bond acceptors (Lipinski definition) is 4. The number of halogens is 1. The molecule has 0 radical (unpaired) electrons. The van der Waals surface area contributed by atoms with E-state index >= 15 is 0 Å². The van der Waals surface area contributed by atoms with Gasteiger partial charge in [-0.25, -0.2) is 4.68 Å². The number of nitrogens with zero attached hydrogens (tertiary/aromatic N) is 4. The van der Waals surface area contributed by atoms with Gasteiger partial charge in [0, 0.05) is 0 Å². The Morgan fingerprint density at radius 1 is 1.46 bits per heavy atom. The van der Waals surface area contributed by atoms with Crippen LogP contribution in [0.1, 0.15) is 4.88 Å². The van der Waals surface area contributed by atoms with Gasteiger partial charge in [0.2, 0.25) is 0 Å². The summed E-state index contributed by atoms with van der Waals surface area (Å²) in [4.78, 5) is 0.926. The highest BCUT2D eigenvalue weighted by Crippen LogP contribution is 2.19. The van der Waals surface area contributed by atoms with Crippen LogP contribution in [0.3, 0.4) is 0 Å². The average Bonchev–Trinajstić information content (AvgIpc) is 2.72. The minimum Gasteiger partial charge on any atom is -0.208 e. The van der Waals surface area contributed by atoms with Crippen molar-refractivity contribution in [2.45, 2.75) is 0 Å². The fourth-order valence-corrected chi connectivity index (χ4v) is 1.73. The Morgan fingerprint density at radius 2 is 2.23 bits per heavy atom. The molecule has 13 heavy (non-hydrogen) atoms. The van der Waals surface area contributed by atoms with Crippen LogP contribution in [0, 0.1) is 0 Å². The van der Waals surface area contributed by atoms with Crippen LogP contribution in [-0.2, 0) is 0 Å². The number of thiophene rings is 1. The monoisotopic (exact) mass is 212 g/mol. The summed E-state index contributed by atoms with van der Waals surface area (Å²) < 4.78 is 1.51. The summed E-state index contributed by atoms with van der Waals surface area (Å²) in [6.07, 6.45) is 4.70. The summed E-state index contributed by atoms with van der Waals surface area (Å²) in [5, 5.41) is 13.9. The lowest BCUT2D eigenvalue weighted by molar-refractivity contribution is 0.879. The first-order valence-corrected chi connectivity index (χ1v) is 4.74. The molecule has 6 heteroatoms. The van der Waals surface area contributed by atoms with Gasteiger partial charge in [-0.15, -0.1) is 21.5 Å². The molecule has 66 valence electrons. The smallest absolute Gasteiger partial charge is 0.141 e. The van der Waals surface area contributed by atoms with Crippen molar-refractivity contribution >= 4 is 29.2 Å². The molecule has 0 amide bonds. The van der Waals surface area contributed by atoms with E-state index in [-0.39, 0.29) is 0 Å². The minimum absolute atomic E-state index is 0.710. The predicted molar refractivity (Wildman–Crippen MR) is 52.3 cm³/mol. The van der Waals surface area contributed by atoms with Crippen LogP contribution < -0.4 is 0 Å². The topological polar surface area (TPSA) is 43.1 Å². The van der Waals surface area contributed by atoms with Crippen molar-refractivity contribution in [2.24, 2.45) is 5.10 Å². The van der Waals surface area contributed by atoms with Crippen molar-refractivity contribution in [3.05, 3.63) is 34.0 Å². The maximum Gasteiger partial charge on any atom is 0.141 e. The largest absolute Gasteiger partial charge is 0.208 e. The second-order valence-electron chi connectivity index (χ2n) is 2.22. The Labute approximate surface area is 83.5 Å². The van der Waals surface area contributed by atoms with Gasteiger partial charge in [-0.1, -0.05) is 11.6 Å². The standard InChI is InChI=1S/C7H5ClN4S/c8-6-1-2-13-7(6)3-11-12-4-9-10-5-12/h1-5H/b11-3+. The minimum atomic E-state index is 0.710. The number of hydrogen-bond donors (Lipinski definition) is 0. The molecule has 2 aromatic rings. The molecular weight excluding hydrogens is 208 g/mol. The third kappa shape index (κ3) is 1.93. The highest BCUT2D eigenvalue weighted by molar-refractivity contribution is 7.12. The fourth-order valence-electron chi connectivity index (χ4n) is 0.772. The van der Waals surface area contributed by atoms with E-state index in [1.807, 2.05) is 11.4 Å². The molecule has 0 aliphatic carbocycles. The molecule has 0 bridgehead atoms. The Hall–Kier alpha value is -1.20. The van der Waals surface area contributed by atoms with Crippen LogP contribution >= 0.6 is 22.9 Å². The molecule has 0 fully saturated rings. The lowest BCUT2D eigenvalue weighted by Gasteiger charge is -1.88. The SMILES string of the molecule is Clc1ccsc1/C=N/n1cnnc1. The molecule has 0 atom stereocenters. The molecular formula is C7H5ClN4S. The molecule has 0 aromatic carbocycles. The van der Waals surface area contributed by atoms with Crippen molar-refractivity contribution < 1.29 is 0 Å². The van der Waals surface area contributed by atoms with Crippen LogP contribution in [0.25, 0.3) is 0 Å². The predicted octanol–water partition coefficient (Wildman–Crippen LogP) is 1.88. The molecule has 2 rings (SSSR count). The molecule has 0 saturated heterocycles. The van der Waals surface area contributed by atoms with Crippen LogP contribution in [0.2, 0.25) is 5.02 Å². The number of aromatic nitrogens is 3. The van der Waals surface area contributed by atoms with E-state index in [1.54, 1.807) is 6.21 Å². The first-order valence-electron chi connectivity index (χ1n) is 3.48. The van der Waals surface area contributed by atoms with E-state index in [1.165, 1.54) is 28.7 Å². The number of rotatable bonds is 2. The van der Waals surface area contributed by atoms with Crippen molar-refractivity contribution in [3.8, 4) is 0 Å². The Balaban J connectivity index is 2.19. The van der Waals surface area contributed by atoms with E-state index < -0.39 is 0 Å². The van der Waals surface area contributed by atoms with Gasteiger partial charge in [-0.2, -0.15) is 5.10 Å². The first kappa shape index (κ1) is 8.40. The van der Waals surface area contributed by atoms with Gasteiger partial charge in [-0.3, -0.25) is 0 Å². The van der Waals surface area contributed by atoms with Crippen molar-refractivity contribution in [1.82, 2.24) is 14.9 Å². The Kier molecular flexibility index (Phi) is 2.37. The molecule has 0 aliphatic rings. The lowest BCUT2D eigenvalue weighted by Crippen LogP contribution is -1.84. The van der Waals surface area contributed by atoms with E-state index in [4.69, 9.17) is 11.6 Å². The van der Waals surface area contributed by atoms with Crippen molar-refractivity contribution in [3.63, 3.8) is 0 Å². The second-order valence-corrected chi connectivity index (χ2v) is 3.57. The fraction of sp³-hybridized carbons (Fsp3) is 0. The van der Waals surface area contributed by atoms with Gasteiger partial charge >= 0.3 is 0 Å². The molecule has 0 aliphatic heterocycles. The maximum absolute atomic E-state index is 5.86. The third-order valence-electron chi connectivity index (χ3n) is 1.36. The molecule has 0 saturated carbocycles. The summed E-state index contributed by atoms with van der Waals surface area (Å²) in [6.45, 7) is 0. The third-order valence-corrected chi connectivity index (χ3v) is 2.65. The van der Waals surface area contributed by atoms with E-state index in [0.717, 1.165) is 4.88 Å². The van der Waals surface area contributed by atoms with Gasteiger partial charge in [0.1, 0.15) is 12.7 Å². The average molecular weight is 213 g/mol. The van der Waals surface area contributed by atoms with E-state index in [2.05, 4.69) is 15.3 Å². The van der Waals surface area contributed by atoms with Gasteiger partial charge in [0.25, 0.3) is 0 Å². The molecule has 0 unspecified atom stereocenters. The van der Waals surface area contributed by atoms with Gasteiger partial charge in [-0.05, 0) is 11.4 Å².